The molecule has 142 valence electrons. The Kier molecular flexibility index (Phi) is 5.02. The van der Waals surface area contributed by atoms with Gasteiger partial charge in [-0.1, -0.05) is 90.5 Å². The molecule has 5 heteroatoms. The molecule has 1 heterocycles. The molecule has 0 atom stereocenters. The highest BCUT2D eigenvalue weighted by molar-refractivity contribution is 6.34. The lowest BCUT2D eigenvalue weighted by Crippen LogP contribution is -2.07. The van der Waals surface area contributed by atoms with Crippen LogP contribution in [0.25, 0.3) is 11.1 Å². The van der Waals surface area contributed by atoms with Gasteiger partial charge in [-0.2, -0.15) is 0 Å². The van der Waals surface area contributed by atoms with Crippen molar-refractivity contribution in [3.05, 3.63) is 112 Å². The van der Waals surface area contributed by atoms with E-state index in [1.54, 1.807) is 72.8 Å². The van der Waals surface area contributed by atoms with E-state index in [0.717, 1.165) is 0 Å². The summed E-state index contributed by atoms with van der Waals surface area (Å²) in [5.41, 5.74) is 8.64. The van der Waals surface area contributed by atoms with Crippen molar-refractivity contribution in [1.29, 1.82) is 0 Å². The van der Waals surface area contributed by atoms with Gasteiger partial charge in [0.2, 0.25) is 5.78 Å². The van der Waals surface area contributed by atoms with Crippen molar-refractivity contribution in [2.75, 3.05) is 5.73 Å². The maximum atomic E-state index is 13.3. The number of H-pyrrole nitrogens is 1. The van der Waals surface area contributed by atoms with E-state index < -0.39 is 0 Å². The molecular weight excluding hydrogens is 384 g/mol. The number of nitrogens with one attached hydrogen (secondary N) is 1. The predicted octanol–water partition coefficient (Wildman–Crippen LogP) is 5.38. The van der Waals surface area contributed by atoms with E-state index in [9.17, 15) is 9.59 Å². The molecule has 0 unspecified atom stereocenters. The summed E-state index contributed by atoms with van der Waals surface area (Å²) in [6.45, 7) is 0. The number of anilines is 1. The summed E-state index contributed by atoms with van der Waals surface area (Å²) in [6.07, 6.45) is 0. The van der Waals surface area contributed by atoms with Gasteiger partial charge in [0.1, 0.15) is 5.82 Å². The molecule has 0 radical (unpaired) electrons. The molecule has 4 rings (SSSR count). The zero-order valence-electron chi connectivity index (χ0n) is 15.4. The van der Waals surface area contributed by atoms with Gasteiger partial charge in [0.15, 0.2) is 5.78 Å². The van der Waals surface area contributed by atoms with Gasteiger partial charge in [-0.15, -0.1) is 0 Å². The minimum atomic E-state index is -0.276. The first-order valence-corrected chi connectivity index (χ1v) is 9.41. The first kappa shape index (κ1) is 18.7. The van der Waals surface area contributed by atoms with E-state index in [1.165, 1.54) is 0 Å². The third-order valence-corrected chi connectivity index (χ3v) is 5.03. The second kappa shape index (κ2) is 7.78. The number of nitrogens with two attached hydrogens (primary N) is 1. The smallest absolute Gasteiger partial charge is 0.209 e. The van der Waals surface area contributed by atoms with Crippen LogP contribution < -0.4 is 5.73 Å². The van der Waals surface area contributed by atoms with Gasteiger partial charge in [-0.3, -0.25) is 9.59 Å². The molecule has 0 spiro atoms. The van der Waals surface area contributed by atoms with Crippen LogP contribution in [0, 0.1) is 0 Å². The Hall–Kier alpha value is -3.63. The standard InChI is InChI=1S/C24H17ClN2O2/c25-18-14-8-7-13-17(18)19-20(22(28)15-9-3-1-4-10-15)24(26)27-21(19)23(29)16-11-5-2-6-12-16/h1-14,27H,26H2. The molecule has 3 N–H and O–H groups in total. The maximum absolute atomic E-state index is 13.3. The highest BCUT2D eigenvalue weighted by atomic mass is 35.5. The van der Waals surface area contributed by atoms with Crippen LogP contribution in [0.2, 0.25) is 5.02 Å². The van der Waals surface area contributed by atoms with E-state index in [4.69, 9.17) is 17.3 Å². The summed E-state index contributed by atoms with van der Waals surface area (Å²) >= 11 is 6.44. The SMILES string of the molecule is Nc1[nH]c(C(=O)c2ccccc2)c(-c2ccccc2Cl)c1C(=O)c1ccccc1. The molecule has 29 heavy (non-hydrogen) atoms. The average Bonchev–Trinajstić information content (AvgIpc) is 3.11. The number of hydrogen-bond acceptors (Lipinski definition) is 3. The van der Waals surface area contributed by atoms with Crippen LogP contribution in [0.15, 0.2) is 84.9 Å². The average molecular weight is 401 g/mol. The van der Waals surface area contributed by atoms with Crippen LogP contribution in [-0.2, 0) is 0 Å². The molecule has 1 aromatic heterocycles. The molecule has 0 aliphatic carbocycles. The first-order valence-electron chi connectivity index (χ1n) is 9.03. The second-order valence-electron chi connectivity index (χ2n) is 6.53. The number of aromatic amines is 1. The fraction of sp³-hybridized carbons (Fsp3) is 0. The topological polar surface area (TPSA) is 76.0 Å². The highest BCUT2D eigenvalue weighted by Gasteiger charge is 2.28. The fourth-order valence-electron chi connectivity index (χ4n) is 3.33. The molecule has 0 saturated carbocycles. The molecule has 0 aliphatic heterocycles. The normalized spacial score (nSPS) is 10.7. The third kappa shape index (κ3) is 3.46. The second-order valence-corrected chi connectivity index (χ2v) is 6.94. The summed E-state index contributed by atoms with van der Waals surface area (Å²) in [5.74, 6) is -0.409. The number of hydrogen-bond donors (Lipinski definition) is 2. The lowest BCUT2D eigenvalue weighted by molar-refractivity contribution is 0.103. The van der Waals surface area contributed by atoms with Gasteiger partial charge in [0.25, 0.3) is 0 Å². The largest absolute Gasteiger partial charge is 0.385 e. The van der Waals surface area contributed by atoms with E-state index in [0.29, 0.717) is 27.3 Å². The lowest BCUT2D eigenvalue weighted by atomic mass is 9.93. The third-order valence-electron chi connectivity index (χ3n) is 4.70. The summed E-state index contributed by atoms with van der Waals surface area (Å²) in [4.78, 5) is 29.5. The van der Waals surface area contributed by atoms with Gasteiger partial charge < -0.3 is 10.7 Å². The van der Waals surface area contributed by atoms with Crippen molar-refractivity contribution in [3.8, 4) is 11.1 Å². The summed E-state index contributed by atoms with van der Waals surface area (Å²) < 4.78 is 0. The number of carbonyl (C=O) groups excluding carboxylic acids is 2. The van der Waals surface area contributed by atoms with Crippen LogP contribution in [0.4, 0.5) is 5.82 Å². The lowest BCUT2D eigenvalue weighted by Gasteiger charge is -2.09. The van der Waals surface area contributed by atoms with Crippen LogP contribution >= 0.6 is 11.6 Å². The molecule has 0 aliphatic rings. The Morgan fingerprint density at radius 2 is 1.24 bits per heavy atom. The van der Waals surface area contributed by atoms with Crippen molar-refractivity contribution < 1.29 is 9.59 Å². The van der Waals surface area contributed by atoms with Gasteiger partial charge in [0.05, 0.1) is 11.3 Å². The molecule has 4 nitrogen and oxygen atoms in total. The Balaban J connectivity index is 1.97. The monoisotopic (exact) mass is 400 g/mol. The Morgan fingerprint density at radius 1 is 0.724 bits per heavy atom. The number of ketones is 2. The van der Waals surface area contributed by atoms with Crippen molar-refractivity contribution in [3.63, 3.8) is 0 Å². The quantitative estimate of drug-likeness (QED) is 0.441. The molecule has 0 saturated heterocycles. The highest BCUT2D eigenvalue weighted by Crippen LogP contribution is 2.38. The van der Waals surface area contributed by atoms with E-state index in [-0.39, 0.29) is 28.6 Å². The molecule has 0 fully saturated rings. The number of carbonyl (C=O) groups is 2. The van der Waals surface area contributed by atoms with Crippen molar-refractivity contribution in [1.82, 2.24) is 4.98 Å². The summed E-state index contributed by atoms with van der Waals surface area (Å²) in [5, 5.41) is 0.427. The van der Waals surface area contributed by atoms with Crippen molar-refractivity contribution in [2.45, 2.75) is 0 Å². The van der Waals surface area contributed by atoms with Gasteiger partial charge in [0, 0.05) is 27.3 Å². The first-order chi connectivity index (χ1) is 14.1. The minimum Gasteiger partial charge on any atom is -0.385 e. The van der Waals surface area contributed by atoms with Crippen LogP contribution in [0.1, 0.15) is 32.0 Å². The van der Waals surface area contributed by atoms with Crippen LogP contribution in [0.5, 0.6) is 0 Å². The predicted molar refractivity (Wildman–Crippen MR) is 115 cm³/mol. The number of benzene rings is 3. The fourth-order valence-corrected chi connectivity index (χ4v) is 3.56. The van der Waals surface area contributed by atoms with Crippen LogP contribution in [0.3, 0.4) is 0 Å². The zero-order valence-corrected chi connectivity index (χ0v) is 16.1. The number of halogens is 1. The number of rotatable bonds is 5. The van der Waals surface area contributed by atoms with Crippen molar-refractivity contribution in [2.24, 2.45) is 0 Å². The van der Waals surface area contributed by atoms with Crippen molar-refractivity contribution >= 4 is 29.0 Å². The molecule has 0 bridgehead atoms. The van der Waals surface area contributed by atoms with Crippen LogP contribution in [-0.4, -0.2) is 16.6 Å². The number of nitrogen functional groups attached to an aromatic ring is 1. The Morgan fingerprint density at radius 3 is 1.83 bits per heavy atom. The molecule has 3 aromatic carbocycles. The summed E-state index contributed by atoms with van der Waals surface area (Å²) in [7, 11) is 0. The van der Waals surface area contributed by atoms with Gasteiger partial charge in [-0.25, -0.2) is 0 Å². The minimum absolute atomic E-state index is 0.132. The molecule has 0 amide bonds. The Bertz CT molecular complexity index is 1200. The Labute approximate surface area is 173 Å². The molecule has 4 aromatic rings. The van der Waals surface area contributed by atoms with E-state index >= 15 is 0 Å². The molecular formula is C24H17ClN2O2. The number of aromatic nitrogens is 1. The maximum Gasteiger partial charge on any atom is 0.209 e. The van der Waals surface area contributed by atoms with E-state index in [1.807, 2.05) is 12.1 Å². The van der Waals surface area contributed by atoms with E-state index in [2.05, 4.69) is 4.98 Å². The van der Waals surface area contributed by atoms with Gasteiger partial charge >= 0.3 is 0 Å². The summed E-state index contributed by atoms with van der Waals surface area (Å²) in [6, 6.07) is 24.7. The van der Waals surface area contributed by atoms with Gasteiger partial charge in [-0.05, 0) is 6.07 Å². The zero-order chi connectivity index (χ0) is 20.4.